The molecule has 12 nitrogen and oxygen atoms in total. The third-order valence-electron chi connectivity index (χ3n) is 6.57. The minimum Gasteiger partial charge on any atom is -0.327 e. The topological polar surface area (TPSA) is 168 Å². The van der Waals surface area contributed by atoms with E-state index in [9.17, 15) is 19.7 Å². The average Bonchev–Trinajstić information content (AvgIpc) is 3.50. The number of benzene rings is 3. The summed E-state index contributed by atoms with van der Waals surface area (Å²) in [5.74, 6) is -0.356. The second-order valence-corrected chi connectivity index (χ2v) is 9.25. The van der Waals surface area contributed by atoms with Crippen molar-refractivity contribution >= 4 is 34.8 Å². The highest BCUT2D eigenvalue weighted by Crippen LogP contribution is 2.29. The maximum Gasteiger partial charge on any atom is 0.319 e. The Kier molecular flexibility index (Phi) is 7.86. The van der Waals surface area contributed by atoms with Gasteiger partial charge in [-0.25, -0.2) is 4.79 Å². The Labute approximate surface area is 229 Å². The fraction of sp³-hybridized carbons (Fsp3) is 0.179. The number of aromatic amines is 1. The number of hydrogen-bond acceptors (Lipinski definition) is 7. The van der Waals surface area contributed by atoms with E-state index in [0.29, 0.717) is 11.3 Å². The number of amides is 3. The summed E-state index contributed by atoms with van der Waals surface area (Å²) in [6.07, 6.45) is 6.77. The van der Waals surface area contributed by atoms with Gasteiger partial charge >= 0.3 is 6.03 Å². The Morgan fingerprint density at radius 2 is 1.70 bits per heavy atom. The molecule has 12 heteroatoms. The van der Waals surface area contributed by atoms with Gasteiger partial charge in [-0.15, -0.1) is 5.10 Å². The van der Waals surface area contributed by atoms with Gasteiger partial charge in [0, 0.05) is 23.4 Å². The van der Waals surface area contributed by atoms with Gasteiger partial charge in [0.05, 0.1) is 11.0 Å². The highest BCUT2D eigenvalue weighted by Gasteiger charge is 2.19. The van der Waals surface area contributed by atoms with Crippen LogP contribution >= 0.6 is 0 Å². The van der Waals surface area contributed by atoms with Gasteiger partial charge in [0.2, 0.25) is 0 Å². The number of H-pyrrole nitrogens is 1. The van der Waals surface area contributed by atoms with Crippen LogP contribution in [0.2, 0.25) is 0 Å². The molecule has 0 saturated heterocycles. The molecular formula is C28H26N8O4. The molecule has 5 rings (SSSR count). The number of rotatable bonds is 8. The number of carbonyl (C=O) groups is 2. The van der Waals surface area contributed by atoms with Crippen LogP contribution in [0.15, 0.2) is 78.9 Å². The van der Waals surface area contributed by atoms with Gasteiger partial charge in [-0.2, -0.15) is 5.21 Å². The standard InChI is InChI=1S/C28H26N8O4/c37-26(31-27-32-34-35-33-27)22-15-13-21(14-16-22)25(20-11-9-19(10-12-20)18-5-2-1-3-6-18)30-28(38)29-23-7-4-8-24(17-23)36(39)40/h4-5,7-17,25H,1-3,6H2,(H2,29,30,38)(H2,31,32,33,34,35,37). The van der Waals surface area contributed by atoms with Crippen LogP contribution in [-0.4, -0.2) is 37.5 Å². The third kappa shape index (κ3) is 6.35. The number of carbonyl (C=O) groups excluding carboxylic acids is 2. The van der Waals surface area contributed by atoms with E-state index in [-0.39, 0.29) is 11.6 Å². The zero-order valence-corrected chi connectivity index (χ0v) is 21.3. The minimum atomic E-state index is -0.567. The van der Waals surface area contributed by atoms with Gasteiger partial charge in [-0.05, 0) is 71.4 Å². The summed E-state index contributed by atoms with van der Waals surface area (Å²) in [4.78, 5) is 36.2. The van der Waals surface area contributed by atoms with Crippen molar-refractivity contribution in [2.24, 2.45) is 0 Å². The summed E-state index contributed by atoms with van der Waals surface area (Å²) in [6.45, 7) is 0. The number of tetrazole rings is 1. The van der Waals surface area contributed by atoms with Crippen molar-refractivity contribution in [3.8, 4) is 0 Å². The van der Waals surface area contributed by atoms with Crippen molar-refractivity contribution in [1.82, 2.24) is 25.9 Å². The van der Waals surface area contributed by atoms with E-state index < -0.39 is 22.9 Å². The van der Waals surface area contributed by atoms with Gasteiger partial charge in [0.15, 0.2) is 0 Å². The molecule has 202 valence electrons. The van der Waals surface area contributed by atoms with Crippen molar-refractivity contribution in [3.05, 3.63) is 111 Å². The second-order valence-electron chi connectivity index (χ2n) is 9.25. The van der Waals surface area contributed by atoms with Gasteiger partial charge < -0.3 is 10.6 Å². The van der Waals surface area contributed by atoms with Crippen molar-refractivity contribution < 1.29 is 14.5 Å². The first-order valence-corrected chi connectivity index (χ1v) is 12.7. The smallest absolute Gasteiger partial charge is 0.319 e. The Bertz CT molecular complexity index is 1530. The van der Waals surface area contributed by atoms with Crippen LogP contribution in [0.5, 0.6) is 0 Å². The van der Waals surface area contributed by atoms with Crippen LogP contribution < -0.4 is 16.0 Å². The van der Waals surface area contributed by atoms with E-state index in [1.54, 1.807) is 30.3 Å². The number of hydrogen-bond donors (Lipinski definition) is 4. The lowest BCUT2D eigenvalue weighted by Crippen LogP contribution is -2.33. The lowest BCUT2D eigenvalue weighted by Gasteiger charge is -2.21. The molecule has 1 unspecified atom stereocenters. The van der Waals surface area contributed by atoms with E-state index in [4.69, 9.17) is 0 Å². The number of allylic oxidation sites excluding steroid dienone is 2. The predicted molar refractivity (Wildman–Crippen MR) is 149 cm³/mol. The summed E-state index contributed by atoms with van der Waals surface area (Å²) in [6, 6.07) is 19.4. The van der Waals surface area contributed by atoms with Crippen LogP contribution in [0.3, 0.4) is 0 Å². The molecule has 0 spiro atoms. The first kappa shape index (κ1) is 26.2. The molecule has 0 saturated carbocycles. The van der Waals surface area contributed by atoms with Crippen molar-refractivity contribution in [2.75, 3.05) is 10.6 Å². The third-order valence-corrected chi connectivity index (χ3v) is 6.57. The van der Waals surface area contributed by atoms with Gasteiger partial charge in [-0.1, -0.05) is 53.6 Å². The summed E-state index contributed by atoms with van der Waals surface area (Å²) < 4.78 is 0. The molecular weight excluding hydrogens is 512 g/mol. The Morgan fingerprint density at radius 1 is 0.950 bits per heavy atom. The molecule has 0 aliphatic heterocycles. The molecule has 1 atom stereocenters. The van der Waals surface area contributed by atoms with Gasteiger partial charge in [0.1, 0.15) is 0 Å². The Balaban J connectivity index is 1.38. The summed E-state index contributed by atoms with van der Waals surface area (Å²) in [5, 5.41) is 32.4. The van der Waals surface area contributed by atoms with Crippen molar-refractivity contribution in [2.45, 2.75) is 31.7 Å². The van der Waals surface area contributed by atoms with E-state index in [2.05, 4.69) is 42.7 Å². The molecule has 1 aliphatic rings. The van der Waals surface area contributed by atoms with E-state index >= 15 is 0 Å². The van der Waals surface area contributed by atoms with Crippen LogP contribution in [0.1, 0.15) is 58.8 Å². The second kappa shape index (κ2) is 12.0. The number of urea groups is 1. The first-order valence-electron chi connectivity index (χ1n) is 12.7. The highest BCUT2D eigenvalue weighted by atomic mass is 16.6. The number of nitrogens with zero attached hydrogens (tertiary/aromatic N) is 4. The maximum atomic E-state index is 13.0. The van der Waals surface area contributed by atoms with Gasteiger partial charge in [-0.3, -0.25) is 20.2 Å². The van der Waals surface area contributed by atoms with E-state index in [0.717, 1.165) is 29.5 Å². The van der Waals surface area contributed by atoms with Crippen molar-refractivity contribution in [3.63, 3.8) is 0 Å². The number of aromatic nitrogens is 4. The Morgan fingerprint density at radius 3 is 2.35 bits per heavy atom. The quantitative estimate of drug-likeness (QED) is 0.176. The summed E-state index contributed by atoms with van der Waals surface area (Å²) in [5.41, 5.74) is 4.57. The molecule has 0 bridgehead atoms. The first-order chi connectivity index (χ1) is 19.5. The molecule has 3 aromatic carbocycles. The SMILES string of the molecule is O=C(Nc1cccc([N+](=O)[O-])c1)NC(c1ccc(C(=O)Nc2nn[nH]n2)cc1)c1ccc(C2=CCCCC2)cc1. The normalized spacial score (nSPS) is 13.6. The number of anilines is 2. The van der Waals surface area contributed by atoms with Crippen LogP contribution in [0.4, 0.5) is 22.1 Å². The summed E-state index contributed by atoms with van der Waals surface area (Å²) >= 11 is 0. The lowest BCUT2D eigenvalue weighted by molar-refractivity contribution is -0.384. The Hall–Kier alpha value is -5.39. The zero-order valence-electron chi connectivity index (χ0n) is 21.3. The largest absolute Gasteiger partial charge is 0.327 e. The van der Waals surface area contributed by atoms with Crippen LogP contribution in [-0.2, 0) is 0 Å². The van der Waals surface area contributed by atoms with E-state index in [1.807, 2.05) is 24.3 Å². The number of non-ortho nitro benzene ring substituents is 1. The molecule has 1 heterocycles. The fourth-order valence-electron chi connectivity index (χ4n) is 4.56. The fourth-order valence-corrected chi connectivity index (χ4v) is 4.56. The average molecular weight is 539 g/mol. The van der Waals surface area contributed by atoms with Crippen LogP contribution in [0.25, 0.3) is 5.57 Å². The molecule has 1 aromatic heterocycles. The van der Waals surface area contributed by atoms with Crippen LogP contribution in [0, 0.1) is 10.1 Å². The monoisotopic (exact) mass is 538 g/mol. The molecule has 0 radical (unpaired) electrons. The molecule has 1 aliphatic carbocycles. The zero-order chi connectivity index (χ0) is 27.9. The highest BCUT2D eigenvalue weighted by molar-refractivity contribution is 6.03. The molecule has 3 amide bonds. The molecule has 40 heavy (non-hydrogen) atoms. The number of nitro groups is 1. The minimum absolute atomic E-state index is 0.0552. The summed E-state index contributed by atoms with van der Waals surface area (Å²) in [7, 11) is 0. The maximum absolute atomic E-state index is 13.0. The lowest BCUT2D eigenvalue weighted by atomic mass is 9.91. The molecule has 0 fully saturated rings. The van der Waals surface area contributed by atoms with Crippen molar-refractivity contribution in [1.29, 1.82) is 0 Å². The number of nitrogens with one attached hydrogen (secondary N) is 4. The number of nitro benzene ring substituents is 1. The predicted octanol–water partition coefficient (Wildman–Crippen LogP) is 5.23. The van der Waals surface area contributed by atoms with Gasteiger partial charge in [0.25, 0.3) is 17.5 Å². The molecule has 4 N–H and O–H groups in total. The van der Waals surface area contributed by atoms with E-state index in [1.165, 1.54) is 36.6 Å². The molecule has 4 aromatic rings.